The zero-order chi connectivity index (χ0) is 23.4. The number of carbonyl (C=O) groups excluding carboxylic acids is 1. The number of halogens is 2. The molecule has 7 nitrogen and oxygen atoms in total. The number of hydrogen-bond acceptors (Lipinski definition) is 5. The first-order valence-electron chi connectivity index (χ1n) is 10.4. The molecular weight excluding hydrogens is 428 g/mol. The Balaban J connectivity index is 1.76. The minimum Gasteiger partial charge on any atom is -0.385 e. The number of anilines is 2. The van der Waals surface area contributed by atoms with Crippen molar-refractivity contribution in [2.75, 3.05) is 25.6 Å². The molecule has 0 spiro atoms. The largest absolute Gasteiger partial charge is 0.385 e. The van der Waals surface area contributed by atoms with Crippen molar-refractivity contribution >= 4 is 28.3 Å². The van der Waals surface area contributed by atoms with Gasteiger partial charge in [0, 0.05) is 54.6 Å². The van der Waals surface area contributed by atoms with Crippen LogP contribution in [0.4, 0.5) is 20.4 Å². The number of amides is 1. The Labute approximate surface area is 189 Å². The van der Waals surface area contributed by atoms with Gasteiger partial charge in [-0.05, 0) is 49.1 Å². The Bertz CT molecular complexity index is 1310. The van der Waals surface area contributed by atoms with E-state index in [4.69, 9.17) is 4.74 Å². The summed E-state index contributed by atoms with van der Waals surface area (Å²) in [5, 5.41) is 14.2. The average Bonchev–Trinajstić information content (AvgIpc) is 3.20. The summed E-state index contributed by atoms with van der Waals surface area (Å²) in [6, 6.07) is 12.0. The van der Waals surface area contributed by atoms with E-state index in [1.807, 2.05) is 6.92 Å². The molecule has 4 rings (SSSR count). The molecule has 170 valence electrons. The number of pyridine rings is 1. The Morgan fingerprint density at radius 2 is 1.94 bits per heavy atom. The van der Waals surface area contributed by atoms with Crippen LogP contribution < -0.4 is 10.6 Å². The predicted octanol–water partition coefficient (Wildman–Crippen LogP) is 4.72. The highest BCUT2D eigenvalue weighted by Crippen LogP contribution is 2.32. The van der Waals surface area contributed by atoms with Gasteiger partial charge < -0.3 is 15.4 Å². The maximum absolute atomic E-state index is 14.6. The number of hydrogen-bond donors (Lipinski definition) is 3. The molecule has 2 heterocycles. The summed E-state index contributed by atoms with van der Waals surface area (Å²) < 4.78 is 33.1. The van der Waals surface area contributed by atoms with E-state index >= 15 is 0 Å². The molecule has 0 aliphatic heterocycles. The van der Waals surface area contributed by atoms with Crippen molar-refractivity contribution in [1.29, 1.82) is 0 Å². The van der Waals surface area contributed by atoms with Gasteiger partial charge in [-0.1, -0.05) is 6.07 Å². The van der Waals surface area contributed by atoms with E-state index < -0.39 is 11.6 Å². The number of carbonyl (C=O) groups is 1. The van der Waals surface area contributed by atoms with Gasteiger partial charge in [-0.3, -0.25) is 9.89 Å². The summed E-state index contributed by atoms with van der Waals surface area (Å²) in [4.78, 5) is 17.1. The SMILES string of the molecule is COCCCNC(=O)c1ccc2c(-c3ccc(F)cc3F)nc(Nc3cc(C)[nH]n3)cc2c1. The van der Waals surface area contributed by atoms with Crippen molar-refractivity contribution < 1.29 is 18.3 Å². The zero-order valence-electron chi connectivity index (χ0n) is 18.2. The van der Waals surface area contributed by atoms with Gasteiger partial charge in [0.15, 0.2) is 5.82 Å². The molecule has 0 unspecified atom stereocenters. The summed E-state index contributed by atoms with van der Waals surface area (Å²) in [5.41, 5.74) is 1.79. The molecule has 2 aromatic heterocycles. The Hall–Kier alpha value is -3.85. The maximum atomic E-state index is 14.6. The number of nitrogens with zero attached hydrogens (tertiary/aromatic N) is 2. The lowest BCUT2D eigenvalue weighted by molar-refractivity contribution is 0.0948. The Morgan fingerprint density at radius 1 is 1.09 bits per heavy atom. The van der Waals surface area contributed by atoms with Crippen LogP contribution in [0.25, 0.3) is 22.0 Å². The van der Waals surface area contributed by atoms with Crippen molar-refractivity contribution in [2.24, 2.45) is 0 Å². The van der Waals surface area contributed by atoms with Gasteiger partial charge in [0.25, 0.3) is 5.91 Å². The number of aromatic amines is 1. The molecule has 33 heavy (non-hydrogen) atoms. The summed E-state index contributed by atoms with van der Waals surface area (Å²) >= 11 is 0. The minimum absolute atomic E-state index is 0.153. The lowest BCUT2D eigenvalue weighted by Gasteiger charge is -2.12. The average molecular weight is 451 g/mol. The number of aryl methyl sites for hydroxylation is 1. The van der Waals surface area contributed by atoms with Gasteiger partial charge in [-0.15, -0.1) is 0 Å². The number of ether oxygens (including phenoxy) is 1. The number of methoxy groups -OCH3 is 1. The monoisotopic (exact) mass is 451 g/mol. The fourth-order valence-corrected chi connectivity index (χ4v) is 3.48. The van der Waals surface area contributed by atoms with Gasteiger partial charge in [-0.25, -0.2) is 13.8 Å². The van der Waals surface area contributed by atoms with Gasteiger partial charge >= 0.3 is 0 Å². The molecule has 1 amide bonds. The molecule has 0 radical (unpaired) electrons. The van der Waals surface area contributed by atoms with Crippen LogP contribution in [0.15, 0.2) is 48.5 Å². The normalized spacial score (nSPS) is 11.0. The van der Waals surface area contributed by atoms with Crippen LogP contribution in [-0.4, -0.2) is 41.3 Å². The van der Waals surface area contributed by atoms with Crippen molar-refractivity contribution in [3.05, 3.63) is 71.4 Å². The van der Waals surface area contributed by atoms with Crippen molar-refractivity contribution in [1.82, 2.24) is 20.5 Å². The summed E-state index contributed by atoms with van der Waals surface area (Å²) in [7, 11) is 1.61. The van der Waals surface area contributed by atoms with Gasteiger partial charge in [0.2, 0.25) is 0 Å². The lowest BCUT2D eigenvalue weighted by Crippen LogP contribution is -2.25. The smallest absolute Gasteiger partial charge is 0.251 e. The van der Waals surface area contributed by atoms with E-state index in [0.29, 0.717) is 53.2 Å². The van der Waals surface area contributed by atoms with Crippen LogP contribution >= 0.6 is 0 Å². The molecule has 2 aromatic carbocycles. The second-order valence-electron chi connectivity index (χ2n) is 7.58. The van der Waals surface area contributed by atoms with Crippen molar-refractivity contribution in [3.63, 3.8) is 0 Å². The summed E-state index contributed by atoms with van der Waals surface area (Å²) in [6.45, 7) is 2.90. The number of benzene rings is 2. The molecule has 9 heteroatoms. The number of aromatic nitrogens is 3. The highest BCUT2D eigenvalue weighted by atomic mass is 19.1. The third-order valence-corrected chi connectivity index (χ3v) is 5.05. The van der Waals surface area contributed by atoms with Crippen molar-refractivity contribution in [3.8, 4) is 11.3 Å². The standard InChI is InChI=1S/C24H23F2N5O2/c1-14-10-22(31-30-14)28-21-12-16-11-15(24(32)27-8-3-9-33-2)4-6-18(16)23(29-21)19-7-5-17(25)13-20(19)26/h4-7,10-13H,3,8-9H2,1-2H3,(H,27,32)(H2,28,29,30,31). The number of H-pyrrole nitrogens is 1. The minimum atomic E-state index is -0.725. The number of nitrogens with one attached hydrogen (secondary N) is 3. The highest BCUT2D eigenvalue weighted by molar-refractivity contribution is 6.02. The first-order chi connectivity index (χ1) is 15.9. The topological polar surface area (TPSA) is 91.9 Å². The molecule has 0 atom stereocenters. The van der Waals surface area contributed by atoms with Gasteiger partial charge in [-0.2, -0.15) is 5.10 Å². The van der Waals surface area contributed by atoms with E-state index in [1.54, 1.807) is 37.4 Å². The summed E-state index contributed by atoms with van der Waals surface area (Å²) in [6.07, 6.45) is 0.699. The molecule has 0 aliphatic carbocycles. The molecular formula is C24H23F2N5O2. The highest BCUT2D eigenvalue weighted by Gasteiger charge is 2.16. The van der Waals surface area contributed by atoms with Gasteiger partial charge in [0.1, 0.15) is 17.5 Å². The first kappa shape index (κ1) is 22.3. The molecule has 3 N–H and O–H groups in total. The van der Waals surface area contributed by atoms with E-state index in [9.17, 15) is 13.6 Å². The van der Waals surface area contributed by atoms with Crippen LogP contribution in [0.3, 0.4) is 0 Å². The van der Waals surface area contributed by atoms with Gasteiger partial charge in [0.05, 0.1) is 5.69 Å². The number of fused-ring (bicyclic) bond motifs is 1. The van der Waals surface area contributed by atoms with Crippen LogP contribution in [0, 0.1) is 18.6 Å². The van der Waals surface area contributed by atoms with Crippen LogP contribution in [0.2, 0.25) is 0 Å². The van der Waals surface area contributed by atoms with E-state index in [-0.39, 0.29) is 11.5 Å². The second kappa shape index (κ2) is 9.74. The second-order valence-corrected chi connectivity index (χ2v) is 7.58. The van der Waals surface area contributed by atoms with E-state index in [1.165, 1.54) is 12.1 Å². The molecule has 0 bridgehead atoms. The van der Waals surface area contributed by atoms with E-state index in [2.05, 4.69) is 25.8 Å². The maximum Gasteiger partial charge on any atom is 0.251 e. The van der Waals surface area contributed by atoms with Crippen LogP contribution in [-0.2, 0) is 4.74 Å². The van der Waals surface area contributed by atoms with Crippen LogP contribution in [0.1, 0.15) is 22.5 Å². The Kier molecular flexibility index (Phi) is 6.60. The summed E-state index contributed by atoms with van der Waals surface area (Å²) in [5.74, 6) is -0.676. The molecule has 0 saturated carbocycles. The third-order valence-electron chi connectivity index (χ3n) is 5.05. The first-order valence-corrected chi connectivity index (χ1v) is 10.4. The van der Waals surface area contributed by atoms with E-state index in [0.717, 1.165) is 11.8 Å². The molecule has 0 fully saturated rings. The molecule has 4 aromatic rings. The molecule has 0 saturated heterocycles. The number of rotatable bonds is 8. The van der Waals surface area contributed by atoms with Crippen molar-refractivity contribution in [2.45, 2.75) is 13.3 Å². The van der Waals surface area contributed by atoms with Crippen LogP contribution in [0.5, 0.6) is 0 Å². The lowest BCUT2D eigenvalue weighted by atomic mass is 10.0. The fraction of sp³-hybridized carbons (Fsp3) is 0.208. The zero-order valence-corrected chi connectivity index (χ0v) is 18.2. The predicted molar refractivity (Wildman–Crippen MR) is 123 cm³/mol. The fourth-order valence-electron chi connectivity index (χ4n) is 3.48. The quantitative estimate of drug-likeness (QED) is 0.337. The third kappa shape index (κ3) is 5.15. The molecule has 0 aliphatic rings. The Morgan fingerprint density at radius 3 is 2.67 bits per heavy atom.